The number of carboxylic acid groups (broad SMARTS) is 1. The molecule has 0 atom stereocenters. The van der Waals surface area contributed by atoms with Crippen molar-refractivity contribution in [2.45, 2.75) is 13.3 Å². The molecule has 0 unspecified atom stereocenters. The predicted molar refractivity (Wildman–Crippen MR) is 72.1 cm³/mol. The summed E-state index contributed by atoms with van der Waals surface area (Å²) in [6, 6.07) is 8.86. The third-order valence-electron chi connectivity index (χ3n) is 2.73. The second-order valence-electron chi connectivity index (χ2n) is 3.79. The van der Waals surface area contributed by atoms with Gasteiger partial charge in [0.1, 0.15) is 10.8 Å². The summed E-state index contributed by atoms with van der Waals surface area (Å²) in [5.41, 5.74) is 1.81. The first-order valence-corrected chi connectivity index (χ1v) is 6.20. The van der Waals surface area contributed by atoms with E-state index in [-0.39, 0.29) is 15.9 Å². The maximum Gasteiger partial charge on any atom is 0.352 e. The predicted octanol–water partition coefficient (Wildman–Crippen LogP) is 4.04. The van der Waals surface area contributed by atoms with E-state index in [4.69, 9.17) is 23.2 Å². The third kappa shape index (κ3) is 2.11. The second-order valence-corrected chi connectivity index (χ2v) is 4.56. The van der Waals surface area contributed by atoms with E-state index in [9.17, 15) is 9.90 Å². The number of carbonyl (C=O) groups is 1. The van der Waals surface area contributed by atoms with Gasteiger partial charge in [-0.3, -0.25) is 4.57 Å². The summed E-state index contributed by atoms with van der Waals surface area (Å²) in [4.78, 5) is 11.2. The molecule has 1 aromatic heterocycles. The minimum atomic E-state index is -1.06. The van der Waals surface area contributed by atoms with E-state index in [1.165, 1.54) is 10.6 Å². The number of benzene rings is 1. The van der Waals surface area contributed by atoms with Crippen molar-refractivity contribution in [3.63, 3.8) is 0 Å². The molecular weight excluding hydrogens is 273 g/mol. The van der Waals surface area contributed by atoms with Gasteiger partial charge in [-0.25, -0.2) is 4.79 Å². The summed E-state index contributed by atoms with van der Waals surface area (Å²) in [5.74, 6) is -1.06. The molecule has 0 fully saturated rings. The molecule has 0 saturated heterocycles. The van der Waals surface area contributed by atoms with Crippen LogP contribution in [0.15, 0.2) is 30.3 Å². The van der Waals surface area contributed by atoms with Gasteiger partial charge in [0.05, 0.1) is 10.7 Å². The highest BCUT2D eigenvalue weighted by atomic mass is 35.5. The Balaban J connectivity index is 2.74. The number of para-hydroxylation sites is 1. The fourth-order valence-corrected chi connectivity index (χ4v) is 2.30. The van der Waals surface area contributed by atoms with Crippen LogP contribution in [0.4, 0.5) is 0 Å². The number of aromatic carboxylic acids is 1. The molecule has 18 heavy (non-hydrogen) atoms. The van der Waals surface area contributed by atoms with Crippen LogP contribution in [0.5, 0.6) is 0 Å². The standard InChI is InChI=1S/C13H11Cl2NO2/c1-2-8-5-3-4-6-10(8)16-11(13(17)18)7-9(14)12(16)15/h3-7H,2H2,1H3,(H,17,18). The van der Waals surface area contributed by atoms with Gasteiger partial charge in [-0.1, -0.05) is 48.3 Å². The fourth-order valence-electron chi connectivity index (χ4n) is 1.88. The lowest BCUT2D eigenvalue weighted by Gasteiger charge is -2.12. The highest BCUT2D eigenvalue weighted by Crippen LogP contribution is 2.31. The molecule has 0 bridgehead atoms. The molecule has 0 aliphatic carbocycles. The summed E-state index contributed by atoms with van der Waals surface area (Å²) < 4.78 is 1.46. The quantitative estimate of drug-likeness (QED) is 0.924. The van der Waals surface area contributed by atoms with Gasteiger partial charge >= 0.3 is 5.97 Å². The average Bonchev–Trinajstić information content (AvgIpc) is 2.66. The minimum absolute atomic E-state index is 0.0610. The molecule has 0 radical (unpaired) electrons. The molecule has 1 aromatic carbocycles. The second kappa shape index (κ2) is 5.04. The van der Waals surface area contributed by atoms with Gasteiger partial charge in [0.15, 0.2) is 0 Å². The first kappa shape index (κ1) is 13.0. The van der Waals surface area contributed by atoms with Crippen LogP contribution in [0.1, 0.15) is 23.0 Å². The summed E-state index contributed by atoms with van der Waals surface area (Å²) in [6.07, 6.45) is 0.779. The van der Waals surface area contributed by atoms with Crippen molar-refractivity contribution in [2.24, 2.45) is 0 Å². The topological polar surface area (TPSA) is 42.2 Å². The zero-order valence-corrected chi connectivity index (χ0v) is 11.2. The largest absolute Gasteiger partial charge is 0.477 e. The monoisotopic (exact) mass is 283 g/mol. The van der Waals surface area contributed by atoms with Gasteiger partial charge in [0.2, 0.25) is 0 Å². The van der Waals surface area contributed by atoms with Crippen molar-refractivity contribution in [2.75, 3.05) is 0 Å². The van der Waals surface area contributed by atoms with Crippen LogP contribution in [0.25, 0.3) is 5.69 Å². The Morgan fingerprint density at radius 2 is 2.00 bits per heavy atom. The van der Waals surface area contributed by atoms with Crippen molar-refractivity contribution >= 4 is 29.2 Å². The molecule has 2 aromatic rings. The number of aromatic nitrogens is 1. The molecule has 0 aliphatic heterocycles. The Morgan fingerprint density at radius 1 is 1.33 bits per heavy atom. The third-order valence-corrected chi connectivity index (χ3v) is 3.49. The van der Waals surface area contributed by atoms with Crippen molar-refractivity contribution in [3.05, 3.63) is 51.8 Å². The first-order chi connectivity index (χ1) is 8.56. The van der Waals surface area contributed by atoms with Crippen LogP contribution in [0.2, 0.25) is 10.2 Å². The molecular formula is C13H11Cl2NO2. The summed E-state index contributed by atoms with van der Waals surface area (Å²) in [7, 11) is 0. The molecule has 1 heterocycles. The number of rotatable bonds is 3. The zero-order valence-electron chi connectivity index (χ0n) is 9.65. The lowest BCUT2D eigenvalue weighted by Crippen LogP contribution is -2.08. The first-order valence-electron chi connectivity index (χ1n) is 5.44. The van der Waals surface area contributed by atoms with Crippen LogP contribution >= 0.6 is 23.2 Å². The summed E-state index contributed by atoms with van der Waals surface area (Å²) in [5, 5.41) is 9.64. The van der Waals surface area contributed by atoms with Gasteiger partial charge in [-0.05, 0) is 24.1 Å². The van der Waals surface area contributed by atoms with E-state index in [1.807, 2.05) is 31.2 Å². The normalized spacial score (nSPS) is 10.6. The number of aryl methyl sites for hydroxylation is 1. The van der Waals surface area contributed by atoms with Gasteiger partial charge in [-0.15, -0.1) is 0 Å². The Hall–Kier alpha value is -1.45. The van der Waals surface area contributed by atoms with E-state index in [2.05, 4.69) is 0 Å². The minimum Gasteiger partial charge on any atom is -0.477 e. The summed E-state index contributed by atoms with van der Waals surface area (Å²) in [6.45, 7) is 2.00. The highest BCUT2D eigenvalue weighted by Gasteiger charge is 2.19. The fraction of sp³-hybridized carbons (Fsp3) is 0.154. The number of hydrogen-bond donors (Lipinski definition) is 1. The van der Waals surface area contributed by atoms with E-state index < -0.39 is 5.97 Å². The van der Waals surface area contributed by atoms with Gasteiger partial charge < -0.3 is 5.11 Å². The molecule has 3 nitrogen and oxygen atoms in total. The van der Waals surface area contributed by atoms with Gasteiger partial charge in [-0.2, -0.15) is 0 Å². The molecule has 0 spiro atoms. The van der Waals surface area contributed by atoms with Crippen molar-refractivity contribution in [3.8, 4) is 5.69 Å². The van der Waals surface area contributed by atoms with E-state index >= 15 is 0 Å². The van der Waals surface area contributed by atoms with Crippen molar-refractivity contribution in [1.29, 1.82) is 0 Å². The van der Waals surface area contributed by atoms with Crippen molar-refractivity contribution in [1.82, 2.24) is 4.57 Å². The Morgan fingerprint density at radius 3 is 2.61 bits per heavy atom. The smallest absolute Gasteiger partial charge is 0.352 e. The molecule has 0 aliphatic rings. The number of carboxylic acids is 1. The van der Waals surface area contributed by atoms with Crippen LogP contribution < -0.4 is 0 Å². The zero-order chi connectivity index (χ0) is 13.3. The van der Waals surface area contributed by atoms with E-state index in [1.54, 1.807) is 0 Å². The van der Waals surface area contributed by atoms with Gasteiger partial charge in [0, 0.05) is 0 Å². The molecule has 5 heteroatoms. The van der Waals surface area contributed by atoms with Crippen LogP contribution in [0, 0.1) is 0 Å². The maximum atomic E-state index is 11.2. The average molecular weight is 284 g/mol. The molecule has 0 amide bonds. The molecule has 2 rings (SSSR count). The molecule has 0 saturated carbocycles. The summed E-state index contributed by atoms with van der Waals surface area (Å²) >= 11 is 12.0. The van der Waals surface area contributed by atoms with Crippen LogP contribution in [-0.4, -0.2) is 15.6 Å². The van der Waals surface area contributed by atoms with E-state index in [0.717, 1.165) is 17.7 Å². The lowest BCUT2D eigenvalue weighted by molar-refractivity contribution is 0.0688. The lowest BCUT2D eigenvalue weighted by atomic mass is 10.1. The number of nitrogens with zero attached hydrogens (tertiary/aromatic N) is 1. The van der Waals surface area contributed by atoms with Gasteiger partial charge in [0.25, 0.3) is 0 Å². The van der Waals surface area contributed by atoms with Crippen LogP contribution in [0.3, 0.4) is 0 Å². The number of hydrogen-bond acceptors (Lipinski definition) is 1. The Kier molecular flexibility index (Phi) is 3.64. The molecule has 1 N–H and O–H groups in total. The highest BCUT2D eigenvalue weighted by molar-refractivity contribution is 6.42. The maximum absolute atomic E-state index is 11.2. The Labute approximate surface area is 115 Å². The Bertz CT molecular complexity index is 605. The number of halogens is 2. The molecule has 94 valence electrons. The van der Waals surface area contributed by atoms with Crippen molar-refractivity contribution < 1.29 is 9.90 Å². The van der Waals surface area contributed by atoms with Crippen LogP contribution in [-0.2, 0) is 6.42 Å². The van der Waals surface area contributed by atoms with E-state index in [0.29, 0.717) is 0 Å². The SMILES string of the molecule is CCc1ccccc1-n1c(C(=O)O)cc(Cl)c1Cl.